The molecule has 15 heavy (non-hydrogen) atoms. The predicted molar refractivity (Wildman–Crippen MR) is 58.9 cm³/mol. The molecular weight excluding hydrogens is 217 g/mol. The Balaban J connectivity index is 0.000000583. The van der Waals surface area contributed by atoms with Gasteiger partial charge in [0.15, 0.2) is 0 Å². The summed E-state index contributed by atoms with van der Waals surface area (Å²) in [5.41, 5.74) is 0. The molecule has 0 atom stereocenters. The van der Waals surface area contributed by atoms with Crippen LogP contribution in [0.3, 0.4) is 0 Å². The van der Waals surface area contributed by atoms with Crippen LogP contribution in [0.4, 0.5) is 0 Å². The van der Waals surface area contributed by atoms with Gasteiger partial charge in [0.1, 0.15) is 0 Å². The number of benzene rings is 1. The van der Waals surface area contributed by atoms with Crippen LogP contribution >= 0.6 is 0 Å². The van der Waals surface area contributed by atoms with Crippen LogP contribution in [-0.2, 0) is 10.0 Å². The minimum Gasteiger partial charge on any atom is -0.430 e. The van der Waals surface area contributed by atoms with Gasteiger partial charge in [0.05, 0.1) is 4.90 Å². The van der Waals surface area contributed by atoms with E-state index in [9.17, 15) is 8.42 Å². The lowest BCUT2D eigenvalue weighted by Crippen LogP contribution is -2.22. The molecule has 84 valence electrons. The number of rotatable bonds is 3. The van der Waals surface area contributed by atoms with E-state index in [-0.39, 0.29) is 0 Å². The Morgan fingerprint density at radius 1 is 1.27 bits per heavy atom. The van der Waals surface area contributed by atoms with E-state index in [4.69, 9.17) is 10.0 Å². The molecule has 0 saturated carbocycles. The van der Waals surface area contributed by atoms with Crippen LogP contribution < -0.4 is 4.72 Å². The second-order valence-corrected chi connectivity index (χ2v) is 4.22. The predicted octanol–water partition coefficient (Wildman–Crippen LogP) is -0.778. The first-order chi connectivity index (χ1) is 7.08. The van der Waals surface area contributed by atoms with E-state index in [2.05, 4.69) is 4.72 Å². The molecule has 1 rings (SSSR count). The van der Waals surface area contributed by atoms with Crippen LogP contribution in [0, 0.1) is 0 Å². The second-order valence-electron chi connectivity index (χ2n) is 2.46. The molecule has 0 aromatic heterocycles. The molecular formula is C8H14BNO4S. The highest BCUT2D eigenvalue weighted by atomic mass is 32.2. The van der Waals surface area contributed by atoms with Gasteiger partial charge in [0.2, 0.25) is 10.0 Å². The lowest BCUT2D eigenvalue weighted by atomic mass is 10.4. The lowest BCUT2D eigenvalue weighted by molar-refractivity contribution is 0.448. The first kappa shape index (κ1) is 14.1. The van der Waals surface area contributed by atoms with E-state index in [1.807, 2.05) is 0 Å². The van der Waals surface area contributed by atoms with Gasteiger partial charge in [0.25, 0.3) is 0 Å². The minimum absolute atomic E-state index is 0.312. The standard InChI is InChI=1S/C8H11NO2S.BH3O2/c1-2-9-12(10,11)8-6-4-3-5-7-8;2-1-3/h3-7,9H,2H2,1H3;1-3H. The van der Waals surface area contributed by atoms with Gasteiger partial charge in [-0.3, -0.25) is 0 Å². The van der Waals surface area contributed by atoms with Crippen molar-refractivity contribution in [3.05, 3.63) is 30.3 Å². The largest absolute Gasteiger partial charge is 0.432 e. The first-order valence-electron chi connectivity index (χ1n) is 4.35. The fourth-order valence-electron chi connectivity index (χ4n) is 0.873. The van der Waals surface area contributed by atoms with Gasteiger partial charge in [-0.2, -0.15) is 0 Å². The number of sulfonamides is 1. The summed E-state index contributed by atoms with van der Waals surface area (Å²) in [7, 11) is -4.01. The van der Waals surface area contributed by atoms with Gasteiger partial charge >= 0.3 is 7.69 Å². The van der Waals surface area contributed by atoms with Crippen LogP contribution in [0.25, 0.3) is 0 Å². The van der Waals surface area contributed by atoms with Crippen LogP contribution in [0.2, 0.25) is 0 Å². The quantitative estimate of drug-likeness (QED) is 0.596. The zero-order chi connectivity index (χ0) is 11.7. The molecule has 0 saturated heterocycles. The van der Waals surface area contributed by atoms with Gasteiger partial charge in [-0.05, 0) is 12.1 Å². The van der Waals surface area contributed by atoms with Gasteiger partial charge < -0.3 is 10.0 Å². The number of hydrogen-bond acceptors (Lipinski definition) is 4. The maximum atomic E-state index is 11.3. The van der Waals surface area contributed by atoms with Crippen molar-refractivity contribution in [3.8, 4) is 0 Å². The molecule has 0 spiro atoms. The molecule has 1 aromatic rings. The normalized spacial score (nSPS) is 10.1. The third-order valence-electron chi connectivity index (χ3n) is 1.39. The third kappa shape index (κ3) is 5.53. The van der Waals surface area contributed by atoms with Crippen molar-refractivity contribution in [1.29, 1.82) is 0 Å². The molecule has 0 bridgehead atoms. The summed E-state index contributed by atoms with van der Waals surface area (Å²) in [5.74, 6) is 0. The molecule has 0 aliphatic rings. The fraction of sp³-hybridized carbons (Fsp3) is 0.250. The van der Waals surface area contributed by atoms with E-state index in [0.29, 0.717) is 11.4 Å². The van der Waals surface area contributed by atoms with Crippen LogP contribution in [-0.4, -0.2) is 32.7 Å². The SMILES string of the molecule is CCNS(=O)(=O)c1ccccc1.OBO. The molecule has 7 heteroatoms. The van der Waals surface area contributed by atoms with Crippen molar-refractivity contribution in [1.82, 2.24) is 4.72 Å². The molecule has 0 radical (unpaired) electrons. The molecule has 5 nitrogen and oxygen atoms in total. The average Bonchev–Trinajstić information content (AvgIpc) is 2.20. The molecule has 1 aromatic carbocycles. The molecule has 3 N–H and O–H groups in total. The third-order valence-corrected chi connectivity index (χ3v) is 2.95. The number of hydrogen-bond donors (Lipinski definition) is 3. The molecule has 0 amide bonds. The summed E-state index contributed by atoms with van der Waals surface area (Å²) in [5, 5.41) is 14.2. The van der Waals surface area contributed by atoms with Gasteiger partial charge in [-0.25, -0.2) is 13.1 Å². The number of nitrogens with one attached hydrogen (secondary N) is 1. The molecule has 0 heterocycles. The first-order valence-corrected chi connectivity index (χ1v) is 5.83. The monoisotopic (exact) mass is 231 g/mol. The van der Waals surface area contributed by atoms with Gasteiger partial charge in [-0.15, -0.1) is 0 Å². The van der Waals surface area contributed by atoms with Gasteiger partial charge in [0, 0.05) is 6.54 Å². The molecule has 0 unspecified atom stereocenters. The van der Waals surface area contributed by atoms with Crippen molar-refractivity contribution >= 4 is 17.7 Å². The zero-order valence-corrected chi connectivity index (χ0v) is 9.24. The maximum Gasteiger partial charge on any atom is 0.432 e. The summed E-state index contributed by atoms with van der Waals surface area (Å²) in [6.45, 7) is 2.16. The Hall–Kier alpha value is -0.885. The zero-order valence-electron chi connectivity index (χ0n) is 8.42. The van der Waals surface area contributed by atoms with Crippen molar-refractivity contribution in [2.24, 2.45) is 0 Å². The van der Waals surface area contributed by atoms with Crippen molar-refractivity contribution in [2.75, 3.05) is 6.54 Å². The summed E-state index contributed by atoms with van der Waals surface area (Å²) in [6, 6.07) is 8.31. The molecule has 0 fully saturated rings. The van der Waals surface area contributed by atoms with Crippen molar-refractivity contribution in [2.45, 2.75) is 11.8 Å². The van der Waals surface area contributed by atoms with Crippen molar-refractivity contribution < 1.29 is 18.5 Å². The van der Waals surface area contributed by atoms with E-state index >= 15 is 0 Å². The van der Waals surface area contributed by atoms with E-state index in [1.54, 1.807) is 37.3 Å². The highest BCUT2D eigenvalue weighted by Gasteiger charge is 2.09. The fourth-order valence-corrected chi connectivity index (χ4v) is 1.94. The van der Waals surface area contributed by atoms with Gasteiger partial charge in [-0.1, -0.05) is 25.1 Å². The minimum atomic E-state index is -3.26. The maximum absolute atomic E-state index is 11.3. The summed E-state index contributed by atoms with van der Waals surface area (Å²) in [4.78, 5) is 0.312. The Labute approximate surface area is 90.1 Å². The Bertz CT molecular complexity index is 354. The Morgan fingerprint density at radius 2 is 1.73 bits per heavy atom. The highest BCUT2D eigenvalue weighted by molar-refractivity contribution is 7.89. The Kier molecular flexibility index (Phi) is 6.97. The topological polar surface area (TPSA) is 86.6 Å². The second kappa shape index (κ2) is 7.41. The Morgan fingerprint density at radius 3 is 2.13 bits per heavy atom. The molecule has 0 aliphatic heterocycles. The summed E-state index contributed by atoms with van der Waals surface area (Å²) in [6.07, 6.45) is 0. The lowest BCUT2D eigenvalue weighted by Gasteiger charge is -2.02. The molecule has 0 aliphatic carbocycles. The highest BCUT2D eigenvalue weighted by Crippen LogP contribution is 2.05. The average molecular weight is 231 g/mol. The smallest absolute Gasteiger partial charge is 0.430 e. The van der Waals surface area contributed by atoms with Crippen LogP contribution in [0.1, 0.15) is 6.92 Å². The summed E-state index contributed by atoms with van der Waals surface area (Å²) < 4.78 is 25.1. The van der Waals surface area contributed by atoms with Crippen LogP contribution in [0.15, 0.2) is 35.2 Å². The van der Waals surface area contributed by atoms with Crippen LogP contribution in [0.5, 0.6) is 0 Å². The van der Waals surface area contributed by atoms with E-state index in [0.717, 1.165) is 0 Å². The van der Waals surface area contributed by atoms with E-state index < -0.39 is 17.7 Å². The summed E-state index contributed by atoms with van der Waals surface area (Å²) >= 11 is 0. The van der Waals surface area contributed by atoms with E-state index in [1.165, 1.54) is 0 Å². The van der Waals surface area contributed by atoms with Crippen molar-refractivity contribution in [3.63, 3.8) is 0 Å².